The predicted molar refractivity (Wildman–Crippen MR) is 85.5 cm³/mol. The minimum absolute atomic E-state index is 0.139. The maximum atomic E-state index is 12.2. The molecule has 0 spiro atoms. The lowest BCUT2D eigenvalue weighted by Crippen LogP contribution is -2.31. The van der Waals surface area contributed by atoms with Crippen LogP contribution in [0.1, 0.15) is 10.4 Å². The maximum absolute atomic E-state index is 12.2. The van der Waals surface area contributed by atoms with Gasteiger partial charge in [0.15, 0.2) is 0 Å². The Morgan fingerprint density at radius 1 is 1.33 bits per heavy atom. The first-order valence-electron chi connectivity index (χ1n) is 6.40. The van der Waals surface area contributed by atoms with Crippen molar-refractivity contribution in [2.75, 3.05) is 20.2 Å². The van der Waals surface area contributed by atoms with Crippen molar-refractivity contribution < 1.29 is 9.53 Å². The van der Waals surface area contributed by atoms with E-state index in [4.69, 9.17) is 28.6 Å². The number of hydrogen-bond donors (Lipinski definition) is 1. The molecular formula is C15H15ClN2O2S. The van der Waals surface area contributed by atoms with Crippen molar-refractivity contribution in [3.8, 4) is 5.75 Å². The highest BCUT2D eigenvalue weighted by atomic mass is 35.5. The first-order chi connectivity index (χ1) is 10.1. The summed E-state index contributed by atoms with van der Waals surface area (Å²) in [5.74, 6) is 0.469. The number of rotatable bonds is 5. The number of carbonyl (C=O) groups is 1. The van der Waals surface area contributed by atoms with Crippen LogP contribution in [0, 0.1) is 4.64 Å². The van der Waals surface area contributed by atoms with Gasteiger partial charge in [0.25, 0.3) is 5.91 Å². The van der Waals surface area contributed by atoms with E-state index >= 15 is 0 Å². The Morgan fingerprint density at radius 2 is 2.10 bits per heavy atom. The second kappa shape index (κ2) is 7.24. The van der Waals surface area contributed by atoms with Crippen LogP contribution < -0.4 is 4.74 Å². The van der Waals surface area contributed by atoms with Gasteiger partial charge in [0, 0.05) is 13.2 Å². The van der Waals surface area contributed by atoms with Gasteiger partial charge in [0.1, 0.15) is 17.0 Å². The molecule has 110 valence electrons. The molecule has 2 aromatic rings. The van der Waals surface area contributed by atoms with Crippen LogP contribution in [0.3, 0.4) is 0 Å². The molecule has 0 bridgehead atoms. The molecule has 0 aliphatic rings. The number of nitrogens with one attached hydrogen (secondary N) is 1. The highest BCUT2D eigenvalue weighted by Gasteiger charge is 2.13. The van der Waals surface area contributed by atoms with Gasteiger partial charge in [-0.25, -0.2) is 0 Å². The van der Waals surface area contributed by atoms with E-state index in [1.54, 1.807) is 42.4 Å². The standard InChI is InChI=1S/C15H15ClN2O2S/c1-18(15(19)11-5-4-8-17-14(11)21)9-10-20-13-7-3-2-6-12(13)16/h2-8H,9-10H2,1H3,(H,17,21). The van der Waals surface area contributed by atoms with Crippen LogP contribution in [0.4, 0.5) is 0 Å². The van der Waals surface area contributed by atoms with Crippen molar-refractivity contribution >= 4 is 29.7 Å². The third-order valence-corrected chi connectivity index (χ3v) is 3.57. The van der Waals surface area contributed by atoms with E-state index in [1.165, 1.54) is 0 Å². The van der Waals surface area contributed by atoms with Crippen molar-refractivity contribution in [1.29, 1.82) is 0 Å². The van der Waals surface area contributed by atoms with E-state index in [-0.39, 0.29) is 5.91 Å². The molecule has 2 rings (SSSR count). The van der Waals surface area contributed by atoms with Gasteiger partial charge in [-0.2, -0.15) is 0 Å². The second-order valence-corrected chi connectivity index (χ2v) is 5.23. The summed E-state index contributed by atoms with van der Waals surface area (Å²) in [4.78, 5) is 16.6. The number of hydrogen-bond acceptors (Lipinski definition) is 3. The predicted octanol–water partition coefficient (Wildman–Crippen LogP) is 3.55. The minimum atomic E-state index is -0.139. The van der Waals surface area contributed by atoms with Gasteiger partial charge in [-0.3, -0.25) is 4.79 Å². The van der Waals surface area contributed by atoms with E-state index in [0.29, 0.717) is 34.1 Å². The molecule has 1 heterocycles. The van der Waals surface area contributed by atoms with Crippen LogP contribution in [0.2, 0.25) is 5.02 Å². The number of carbonyl (C=O) groups excluding carboxylic acids is 1. The molecule has 0 atom stereocenters. The largest absolute Gasteiger partial charge is 0.490 e. The number of amides is 1. The van der Waals surface area contributed by atoms with Crippen LogP contribution in [0.5, 0.6) is 5.75 Å². The van der Waals surface area contributed by atoms with Crippen LogP contribution in [0.25, 0.3) is 0 Å². The fourth-order valence-corrected chi connectivity index (χ4v) is 2.17. The van der Waals surface area contributed by atoms with Gasteiger partial charge in [0.05, 0.1) is 17.1 Å². The van der Waals surface area contributed by atoms with Crippen LogP contribution in [0.15, 0.2) is 42.6 Å². The van der Waals surface area contributed by atoms with Crippen molar-refractivity contribution in [3.63, 3.8) is 0 Å². The Balaban J connectivity index is 1.92. The third kappa shape index (κ3) is 4.06. The zero-order valence-electron chi connectivity index (χ0n) is 11.5. The summed E-state index contributed by atoms with van der Waals surface area (Å²) in [6, 6.07) is 10.7. The summed E-state index contributed by atoms with van der Waals surface area (Å²) >= 11 is 11.1. The lowest BCUT2D eigenvalue weighted by molar-refractivity contribution is 0.0773. The zero-order valence-corrected chi connectivity index (χ0v) is 13.1. The number of aromatic nitrogens is 1. The average Bonchev–Trinajstić information content (AvgIpc) is 2.49. The molecule has 21 heavy (non-hydrogen) atoms. The summed E-state index contributed by atoms with van der Waals surface area (Å²) in [6.07, 6.45) is 1.69. The average molecular weight is 323 g/mol. The number of para-hydroxylation sites is 1. The number of likely N-dealkylation sites (N-methyl/N-ethyl adjacent to an activating group) is 1. The lowest BCUT2D eigenvalue weighted by atomic mass is 10.2. The fraction of sp³-hybridized carbons (Fsp3) is 0.200. The molecule has 0 saturated heterocycles. The Bertz CT molecular complexity index is 687. The number of aromatic amines is 1. The van der Waals surface area contributed by atoms with E-state index in [1.807, 2.05) is 12.1 Å². The summed E-state index contributed by atoms with van der Waals surface area (Å²) < 4.78 is 6.00. The molecular weight excluding hydrogens is 308 g/mol. The third-order valence-electron chi connectivity index (χ3n) is 2.92. The highest BCUT2D eigenvalue weighted by Crippen LogP contribution is 2.22. The van der Waals surface area contributed by atoms with E-state index in [2.05, 4.69) is 4.98 Å². The Morgan fingerprint density at radius 3 is 2.81 bits per heavy atom. The van der Waals surface area contributed by atoms with Gasteiger partial charge < -0.3 is 14.6 Å². The Hall–Kier alpha value is -1.85. The number of nitrogens with zero attached hydrogens (tertiary/aromatic N) is 1. The molecule has 0 aliphatic heterocycles. The summed E-state index contributed by atoms with van der Waals surface area (Å²) in [7, 11) is 1.71. The van der Waals surface area contributed by atoms with Crippen molar-refractivity contribution in [2.45, 2.75) is 0 Å². The smallest absolute Gasteiger partial charge is 0.256 e. The van der Waals surface area contributed by atoms with Crippen molar-refractivity contribution in [1.82, 2.24) is 9.88 Å². The maximum Gasteiger partial charge on any atom is 0.256 e. The topological polar surface area (TPSA) is 45.3 Å². The number of H-pyrrole nitrogens is 1. The molecule has 0 unspecified atom stereocenters. The van der Waals surface area contributed by atoms with Gasteiger partial charge in [0.2, 0.25) is 0 Å². The number of ether oxygens (including phenoxy) is 1. The van der Waals surface area contributed by atoms with Crippen LogP contribution in [-0.4, -0.2) is 36.0 Å². The molecule has 0 fully saturated rings. The molecule has 1 N–H and O–H groups in total. The molecule has 0 aliphatic carbocycles. The SMILES string of the molecule is CN(CCOc1ccccc1Cl)C(=O)c1ccc[nH]c1=S. The minimum Gasteiger partial charge on any atom is -0.490 e. The van der Waals surface area contributed by atoms with Crippen LogP contribution >= 0.6 is 23.8 Å². The molecule has 1 aromatic heterocycles. The van der Waals surface area contributed by atoms with E-state index in [9.17, 15) is 4.79 Å². The first-order valence-corrected chi connectivity index (χ1v) is 7.18. The summed E-state index contributed by atoms with van der Waals surface area (Å²) in [5.41, 5.74) is 0.479. The molecule has 0 saturated carbocycles. The lowest BCUT2D eigenvalue weighted by Gasteiger charge is -2.17. The van der Waals surface area contributed by atoms with E-state index < -0.39 is 0 Å². The zero-order chi connectivity index (χ0) is 15.2. The van der Waals surface area contributed by atoms with Gasteiger partial charge in [-0.15, -0.1) is 0 Å². The molecule has 1 amide bonds. The van der Waals surface area contributed by atoms with E-state index in [0.717, 1.165) is 0 Å². The van der Waals surface area contributed by atoms with Gasteiger partial charge >= 0.3 is 0 Å². The quantitative estimate of drug-likeness (QED) is 0.856. The second-order valence-electron chi connectivity index (χ2n) is 4.42. The fourth-order valence-electron chi connectivity index (χ4n) is 1.75. The molecule has 4 nitrogen and oxygen atoms in total. The normalized spacial score (nSPS) is 10.2. The summed E-state index contributed by atoms with van der Waals surface area (Å²) in [6.45, 7) is 0.795. The Labute approximate surface area is 133 Å². The van der Waals surface area contributed by atoms with Crippen molar-refractivity contribution in [3.05, 3.63) is 57.8 Å². The molecule has 0 radical (unpaired) electrons. The highest BCUT2D eigenvalue weighted by molar-refractivity contribution is 7.71. The first kappa shape index (κ1) is 15.5. The number of halogens is 1. The number of benzene rings is 1. The molecule has 6 heteroatoms. The molecule has 1 aromatic carbocycles. The number of pyridine rings is 1. The van der Waals surface area contributed by atoms with Crippen LogP contribution in [-0.2, 0) is 0 Å². The van der Waals surface area contributed by atoms with Gasteiger partial charge in [-0.05, 0) is 24.3 Å². The van der Waals surface area contributed by atoms with Crippen molar-refractivity contribution in [2.24, 2.45) is 0 Å². The monoisotopic (exact) mass is 322 g/mol. The summed E-state index contributed by atoms with van der Waals surface area (Å²) in [5, 5.41) is 0.553. The Kier molecular flexibility index (Phi) is 5.36. The van der Waals surface area contributed by atoms with Gasteiger partial charge in [-0.1, -0.05) is 36.0 Å².